The predicted octanol–water partition coefficient (Wildman–Crippen LogP) is 1.25. The smallest absolute Gasteiger partial charge is 0.224 e. The Labute approximate surface area is 61.6 Å². The van der Waals surface area contributed by atoms with Crippen molar-refractivity contribution in [2.75, 3.05) is 6.54 Å². The van der Waals surface area contributed by atoms with Gasteiger partial charge < -0.3 is 5.32 Å². The molecule has 0 aromatic heterocycles. The predicted molar refractivity (Wildman–Crippen MR) is 42.6 cm³/mol. The first kappa shape index (κ1) is 8.95. The maximum Gasteiger partial charge on any atom is 0.224 e. The van der Waals surface area contributed by atoms with Crippen LogP contribution in [0.5, 0.6) is 0 Å². The molecule has 0 aromatic rings. The van der Waals surface area contributed by atoms with Gasteiger partial charge in [0, 0.05) is 13.0 Å². The van der Waals surface area contributed by atoms with Crippen LogP contribution in [-0.2, 0) is 4.79 Å². The molecule has 0 atom stereocenters. The highest BCUT2D eigenvalue weighted by Gasteiger charge is 1.94. The van der Waals surface area contributed by atoms with Crippen molar-refractivity contribution in [1.82, 2.24) is 5.32 Å². The molecule has 10 heavy (non-hydrogen) atoms. The van der Waals surface area contributed by atoms with Crippen LogP contribution in [0.4, 0.5) is 0 Å². The van der Waals surface area contributed by atoms with Crippen LogP contribution < -0.4 is 5.32 Å². The first-order chi connectivity index (χ1) is 4.66. The molecule has 56 valence electrons. The topological polar surface area (TPSA) is 29.1 Å². The summed E-state index contributed by atoms with van der Waals surface area (Å²) in [5.74, 6) is -0.00185. The highest BCUT2D eigenvalue weighted by molar-refractivity contribution is 5.77. The molecule has 0 heterocycles. The number of amides is 1. The van der Waals surface area contributed by atoms with Crippen molar-refractivity contribution in [1.29, 1.82) is 0 Å². The highest BCUT2D eigenvalue weighted by atomic mass is 16.1. The number of carbonyl (C=O) groups excluding carboxylic acids is 1. The Morgan fingerprint density at radius 2 is 2.30 bits per heavy atom. The highest BCUT2D eigenvalue weighted by Crippen LogP contribution is 1.84. The maximum atomic E-state index is 10.7. The van der Waals surface area contributed by atoms with Crippen LogP contribution in [0.25, 0.3) is 0 Å². The Hall–Kier alpha value is -1.05. The second-order valence-corrected chi connectivity index (χ2v) is 2.23. The average Bonchev–Trinajstić information content (AvgIpc) is 1.85. The Balaban J connectivity index is 3.39. The van der Waals surface area contributed by atoms with E-state index in [0.29, 0.717) is 13.0 Å². The lowest BCUT2D eigenvalue weighted by molar-refractivity contribution is -0.120. The monoisotopic (exact) mass is 139 g/mol. The molecule has 1 N–H and O–H groups in total. The molecular weight excluding hydrogens is 126 g/mol. The van der Waals surface area contributed by atoms with Crippen LogP contribution in [0.3, 0.4) is 0 Å². The average molecular weight is 139 g/mol. The third kappa shape index (κ3) is 5.09. The van der Waals surface area contributed by atoms with Gasteiger partial charge in [0.25, 0.3) is 0 Å². The summed E-state index contributed by atoms with van der Waals surface area (Å²) < 4.78 is 0. The molecule has 0 radical (unpaired) electrons. The van der Waals surface area contributed by atoms with E-state index in [1.165, 1.54) is 0 Å². The SMILES string of the molecule is C=CCC(=O)NCC(=C)C. The Morgan fingerprint density at radius 1 is 1.70 bits per heavy atom. The number of carbonyl (C=O) groups is 1. The summed E-state index contributed by atoms with van der Waals surface area (Å²) in [6.07, 6.45) is 1.96. The van der Waals surface area contributed by atoms with Crippen LogP contribution in [0, 0.1) is 0 Å². The number of hydrogen-bond donors (Lipinski definition) is 1. The zero-order valence-corrected chi connectivity index (χ0v) is 6.31. The van der Waals surface area contributed by atoms with Crippen LogP contribution in [0.1, 0.15) is 13.3 Å². The summed E-state index contributed by atoms with van der Waals surface area (Å²) >= 11 is 0. The van der Waals surface area contributed by atoms with Gasteiger partial charge in [-0.25, -0.2) is 0 Å². The molecular formula is C8H13NO. The third-order valence-electron chi connectivity index (χ3n) is 0.917. The summed E-state index contributed by atoms with van der Waals surface area (Å²) in [5.41, 5.74) is 0.956. The molecule has 0 fully saturated rings. The molecule has 2 heteroatoms. The van der Waals surface area contributed by atoms with Gasteiger partial charge in [-0.3, -0.25) is 4.79 Å². The normalized spacial score (nSPS) is 8.50. The summed E-state index contributed by atoms with van der Waals surface area (Å²) in [4.78, 5) is 10.7. The largest absolute Gasteiger partial charge is 0.352 e. The van der Waals surface area contributed by atoms with Crippen LogP contribution in [-0.4, -0.2) is 12.5 Å². The van der Waals surface area contributed by atoms with Crippen molar-refractivity contribution in [3.8, 4) is 0 Å². The summed E-state index contributed by atoms with van der Waals surface area (Å²) in [5, 5.41) is 2.67. The van der Waals surface area contributed by atoms with Crippen molar-refractivity contribution in [3.63, 3.8) is 0 Å². The molecule has 0 spiro atoms. The summed E-state index contributed by atoms with van der Waals surface area (Å²) in [6, 6.07) is 0. The molecule has 0 unspecified atom stereocenters. The zero-order chi connectivity index (χ0) is 7.98. The van der Waals surface area contributed by atoms with Gasteiger partial charge in [-0.05, 0) is 6.92 Å². The quantitative estimate of drug-likeness (QED) is 0.583. The van der Waals surface area contributed by atoms with Gasteiger partial charge in [0.1, 0.15) is 0 Å². The van der Waals surface area contributed by atoms with Gasteiger partial charge in [-0.15, -0.1) is 6.58 Å². The minimum Gasteiger partial charge on any atom is -0.352 e. The summed E-state index contributed by atoms with van der Waals surface area (Å²) in [7, 11) is 0. The standard InChI is InChI=1S/C8H13NO/c1-4-5-8(10)9-6-7(2)3/h4H,1-2,5-6H2,3H3,(H,9,10). The number of hydrogen-bond acceptors (Lipinski definition) is 1. The molecule has 0 aliphatic rings. The fourth-order valence-corrected chi connectivity index (χ4v) is 0.453. The van der Waals surface area contributed by atoms with Gasteiger partial charge in [-0.2, -0.15) is 0 Å². The molecule has 0 bridgehead atoms. The molecule has 1 amide bonds. The molecule has 0 aromatic carbocycles. The fourth-order valence-electron chi connectivity index (χ4n) is 0.453. The van der Waals surface area contributed by atoms with Gasteiger partial charge >= 0.3 is 0 Å². The van der Waals surface area contributed by atoms with Gasteiger partial charge in [-0.1, -0.05) is 18.2 Å². The van der Waals surface area contributed by atoms with Crippen LogP contribution in [0.2, 0.25) is 0 Å². The van der Waals surface area contributed by atoms with Crippen molar-refractivity contribution in [3.05, 3.63) is 24.8 Å². The van der Waals surface area contributed by atoms with Crippen molar-refractivity contribution in [2.24, 2.45) is 0 Å². The minimum atomic E-state index is -0.00185. The van der Waals surface area contributed by atoms with E-state index in [1.54, 1.807) is 6.08 Å². The molecule has 0 aliphatic carbocycles. The van der Waals surface area contributed by atoms with Crippen molar-refractivity contribution in [2.45, 2.75) is 13.3 Å². The molecule has 0 aliphatic heterocycles. The lowest BCUT2D eigenvalue weighted by Gasteiger charge is -2.00. The molecule has 0 saturated carbocycles. The van der Waals surface area contributed by atoms with E-state index in [2.05, 4.69) is 18.5 Å². The Bertz CT molecular complexity index is 149. The molecule has 0 rings (SSSR count). The van der Waals surface area contributed by atoms with E-state index in [1.807, 2.05) is 6.92 Å². The van der Waals surface area contributed by atoms with E-state index in [4.69, 9.17) is 0 Å². The van der Waals surface area contributed by atoms with E-state index in [-0.39, 0.29) is 5.91 Å². The van der Waals surface area contributed by atoms with E-state index in [9.17, 15) is 4.79 Å². The lowest BCUT2D eigenvalue weighted by Crippen LogP contribution is -2.23. The second-order valence-electron chi connectivity index (χ2n) is 2.23. The van der Waals surface area contributed by atoms with Crippen LogP contribution >= 0.6 is 0 Å². The van der Waals surface area contributed by atoms with Gasteiger partial charge in [0.05, 0.1) is 0 Å². The molecule has 2 nitrogen and oxygen atoms in total. The van der Waals surface area contributed by atoms with Gasteiger partial charge in [0.2, 0.25) is 5.91 Å². The minimum absolute atomic E-state index is 0.00185. The lowest BCUT2D eigenvalue weighted by atomic mass is 10.3. The summed E-state index contributed by atoms with van der Waals surface area (Å²) in [6.45, 7) is 9.52. The van der Waals surface area contributed by atoms with E-state index < -0.39 is 0 Å². The van der Waals surface area contributed by atoms with Gasteiger partial charge in [0.15, 0.2) is 0 Å². The first-order valence-corrected chi connectivity index (χ1v) is 3.18. The second kappa shape index (κ2) is 4.79. The van der Waals surface area contributed by atoms with Crippen molar-refractivity contribution < 1.29 is 4.79 Å². The van der Waals surface area contributed by atoms with E-state index >= 15 is 0 Å². The zero-order valence-electron chi connectivity index (χ0n) is 6.31. The number of nitrogens with one attached hydrogen (secondary N) is 1. The third-order valence-corrected chi connectivity index (χ3v) is 0.917. The molecule has 0 saturated heterocycles. The van der Waals surface area contributed by atoms with Crippen molar-refractivity contribution >= 4 is 5.91 Å². The maximum absolute atomic E-state index is 10.7. The van der Waals surface area contributed by atoms with Crippen LogP contribution in [0.15, 0.2) is 24.8 Å². The van der Waals surface area contributed by atoms with E-state index in [0.717, 1.165) is 5.57 Å². The Kier molecular flexibility index (Phi) is 4.29. The Morgan fingerprint density at radius 3 is 2.70 bits per heavy atom. The first-order valence-electron chi connectivity index (χ1n) is 3.18. The number of rotatable bonds is 4. The fraction of sp³-hybridized carbons (Fsp3) is 0.375.